The Morgan fingerprint density at radius 2 is 1.74 bits per heavy atom. The van der Waals surface area contributed by atoms with Gasteiger partial charge in [-0.25, -0.2) is 0 Å². The topological polar surface area (TPSA) is 107 Å². The molecule has 1 saturated heterocycles. The lowest BCUT2D eigenvalue weighted by Crippen LogP contribution is -2.27. The third-order valence-electron chi connectivity index (χ3n) is 3.84. The molecule has 2 aromatic carbocycles. The summed E-state index contributed by atoms with van der Waals surface area (Å²) in [5.41, 5.74) is 1.33. The van der Waals surface area contributed by atoms with Crippen molar-refractivity contribution in [3.05, 3.63) is 78.7 Å². The van der Waals surface area contributed by atoms with Crippen LogP contribution < -0.4 is 4.90 Å². The Morgan fingerprint density at radius 1 is 1.07 bits per heavy atom. The molecule has 1 amide bonds. The first kappa shape index (κ1) is 18.7. The van der Waals surface area contributed by atoms with E-state index < -0.39 is 9.85 Å². The molecule has 1 aliphatic rings. The second-order valence-corrected chi connectivity index (χ2v) is 7.27. The monoisotopic (exact) mass is 401 g/mol. The summed E-state index contributed by atoms with van der Waals surface area (Å²) in [6, 6.07) is 10.2. The normalized spacial score (nSPS) is 15.4. The van der Waals surface area contributed by atoms with Gasteiger partial charge < -0.3 is 0 Å². The van der Waals surface area contributed by atoms with Crippen molar-refractivity contribution in [1.29, 1.82) is 0 Å². The van der Waals surface area contributed by atoms with Gasteiger partial charge in [-0.05, 0) is 30.7 Å². The first-order valence-electron chi connectivity index (χ1n) is 7.55. The Kier molecular flexibility index (Phi) is 5.02. The van der Waals surface area contributed by atoms with Crippen molar-refractivity contribution in [2.75, 3.05) is 4.90 Å². The number of amides is 1. The lowest BCUT2D eigenvalue weighted by molar-refractivity contribution is -0.385. The summed E-state index contributed by atoms with van der Waals surface area (Å²) in [6.45, 7) is 1.63. The molecule has 2 aromatic rings. The maximum atomic E-state index is 12.7. The van der Waals surface area contributed by atoms with Crippen LogP contribution in [0.3, 0.4) is 0 Å². The van der Waals surface area contributed by atoms with Crippen molar-refractivity contribution >= 4 is 57.3 Å². The summed E-state index contributed by atoms with van der Waals surface area (Å²) < 4.78 is 0.279. The smallest absolute Gasteiger partial charge is 0.268 e. The Balaban J connectivity index is 1.92. The molecule has 1 fully saturated rings. The molecule has 8 nitrogen and oxygen atoms in total. The Hall–Kier alpha value is -3.11. The number of hydrogen-bond acceptors (Lipinski definition) is 7. The summed E-state index contributed by atoms with van der Waals surface area (Å²) >= 11 is 6.32. The molecule has 0 bridgehead atoms. The lowest BCUT2D eigenvalue weighted by atomic mass is 10.1. The van der Waals surface area contributed by atoms with E-state index >= 15 is 0 Å². The zero-order valence-electron chi connectivity index (χ0n) is 13.8. The Labute approximate surface area is 162 Å². The van der Waals surface area contributed by atoms with E-state index in [-0.39, 0.29) is 21.6 Å². The van der Waals surface area contributed by atoms with E-state index in [0.717, 1.165) is 11.8 Å². The fourth-order valence-electron chi connectivity index (χ4n) is 2.48. The van der Waals surface area contributed by atoms with Gasteiger partial charge in [0.2, 0.25) is 0 Å². The van der Waals surface area contributed by atoms with Gasteiger partial charge in [0.05, 0.1) is 20.4 Å². The van der Waals surface area contributed by atoms with Gasteiger partial charge >= 0.3 is 0 Å². The largest absolute Gasteiger partial charge is 0.272 e. The van der Waals surface area contributed by atoms with Gasteiger partial charge in [0.1, 0.15) is 0 Å². The van der Waals surface area contributed by atoms with Crippen molar-refractivity contribution in [1.82, 2.24) is 0 Å². The fraction of sp³-hybridized carbons (Fsp3) is 0.0588. The van der Waals surface area contributed by atoms with Gasteiger partial charge in [-0.2, -0.15) is 0 Å². The number of hydrogen-bond donors (Lipinski definition) is 0. The minimum atomic E-state index is -0.529. The number of thioether (sulfide) groups is 1. The van der Waals surface area contributed by atoms with Crippen LogP contribution in [0.25, 0.3) is 6.08 Å². The number of anilines is 1. The predicted molar refractivity (Wildman–Crippen MR) is 107 cm³/mol. The van der Waals surface area contributed by atoms with Crippen LogP contribution in [-0.2, 0) is 4.79 Å². The molecular weight excluding hydrogens is 390 g/mol. The lowest BCUT2D eigenvalue weighted by Gasteiger charge is -2.13. The number of nitrogens with zero attached hydrogens (tertiary/aromatic N) is 3. The Bertz CT molecular complexity index is 1020. The molecule has 1 heterocycles. The first-order chi connectivity index (χ1) is 12.8. The van der Waals surface area contributed by atoms with Gasteiger partial charge in [0.15, 0.2) is 4.32 Å². The molecule has 0 saturated carbocycles. The third kappa shape index (κ3) is 3.71. The zero-order chi connectivity index (χ0) is 19.7. The minimum absolute atomic E-state index is 0.0328. The number of nitro benzene ring substituents is 2. The molecule has 0 aromatic heterocycles. The van der Waals surface area contributed by atoms with E-state index in [1.807, 2.05) is 0 Å². The molecule has 1 aliphatic heterocycles. The summed E-state index contributed by atoms with van der Waals surface area (Å²) in [6.07, 6.45) is 1.54. The maximum Gasteiger partial charge on any atom is 0.272 e. The predicted octanol–water partition coefficient (Wildman–Crippen LogP) is 4.22. The number of rotatable bonds is 4. The van der Waals surface area contributed by atoms with E-state index in [1.54, 1.807) is 19.1 Å². The van der Waals surface area contributed by atoms with Crippen LogP contribution in [0.5, 0.6) is 0 Å². The summed E-state index contributed by atoms with van der Waals surface area (Å²) in [7, 11) is 0. The molecule has 27 heavy (non-hydrogen) atoms. The van der Waals surface area contributed by atoms with Crippen molar-refractivity contribution in [2.24, 2.45) is 0 Å². The second-order valence-electron chi connectivity index (χ2n) is 5.59. The van der Waals surface area contributed by atoms with Gasteiger partial charge in [-0.15, -0.1) is 0 Å². The van der Waals surface area contributed by atoms with Gasteiger partial charge in [-0.1, -0.05) is 36.1 Å². The first-order valence-corrected chi connectivity index (χ1v) is 8.78. The number of non-ortho nitro benzene ring substituents is 1. The van der Waals surface area contributed by atoms with E-state index in [1.165, 1.54) is 41.3 Å². The summed E-state index contributed by atoms with van der Waals surface area (Å²) in [5.74, 6) is -0.387. The minimum Gasteiger partial charge on any atom is -0.268 e. The van der Waals surface area contributed by atoms with Crippen molar-refractivity contribution in [3.63, 3.8) is 0 Å². The second kappa shape index (κ2) is 7.25. The maximum absolute atomic E-state index is 12.7. The molecule has 0 atom stereocenters. The number of thiocarbonyl (C=S) groups is 1. The van der Waals surface area contributed by atoms with Crippen LogP contribution in [0.2, 0.25) is 0 Å². The average Bonchev–Trinajstić information content (AvgIpc) is 2.90. The van der Waals surface area contributed by atoms with Gasteiger partial charge in [0.25, 0.3) is 17.3 Å². The standard InChI is InChI=1S/C17H11N3O5S2/c1-10-2-3-11(8-14(10)20(24)25)9-15-16(21)18(17(26)27-15)12-4-6-13(7-5-12)19(22)23/h2-9H,1H3/b15-9+. The average molecular weight is 401 g/mol. The van der Waals surface area contributed by atoms with Crippen LogP contribution in [0, 0.1) is 27.2 Å². The van der Waals surface area contributed by atoms with Crippen LogP contribution in [-0.4, -0.2) is 20.1 Å². The van der Waals surface area contributed by atoms with Crippen LogP contribution in [0.4, 0.5) is 17.1 Å². The zero-order valence-corrected chi connectivity index (χ0v) is 15.5. The van der Waals surface area contributed by atoms with Gasteiger partial charge in [-0.3, -0.25) is 29.9 Å². The molecule has 0 aliphatic carbocycles. The highest BCUT2D eigenvalue weighted by Crippen LogP contribution is 2.36. The molecule has 0 radical (unpaired) electrons. The van der Waals surface area contributed by atoms with Crippen molar-refractivity contribution in [3.8, 4) is 0 Å². The van der Waals surface area contributed by atoms with Crippen molar-refractivity contribution < 1.29 is 14.6 Å². The highest BCUT2D eigenvalue weighted by Gasteiger charge is 2.33. The number of benzene rings is 2. The fourth-order valence-corrected chi connectivity index (χ4v) is 3.78. The van der Waals surface area contributed by atoms with Gasteiger partial charge in [0, 0.05) is 23.8 Å². The molecule has 0 spiro atoms. The summed E-state index contributed by atoms with van der Waals surface area (Å²) in [5, 5.41) is 21.8. The quantitative estimate of drug-likeness (QED) is 0.327. The number of aryl methyl sites for hydroxylation is 1. The third-order valence-corrected chi connectivity index (χ3v) is 5.14. The van der Waals surface area contributed by atoms with Crippen LogP contribution >= 0.6 is 24.0 Å². The highest BCUT2D eigenvalue weighted by molar-refractivity contribution is 8.27. The molecule has 3 rings (SSSR count). The van der Waals surface area contributed by atoms with Crippen molar-refractivity contribution in [2.45, 2.75) is 6.92 Å². The number of carbonyl (C=O) groups is 1. The number of nitro groups is 2. The van der Waals surface area contributed by atoms with E-state index in [4.69, 9.17) is 12.2 Å². The molecule has 10 heteroatoms. The molecule has 136 valence electrons. The highest BCUT2D eigenvalue weighted by atomic mass is 32.2. The molecule has 0 unspecified atom stereocenters. The molecule has 0 N–H and O–H groups in total. The molecular formula is C17H11N3O5S2. The number of carbonyl (C=O) groups excluding carboxylic acids is 1. The van der Waals surface area contributed by atoms with Crippen LogP contribution in [0.1, 0.15) is 11.1 Å². The van der Waals surface area contributed by atoms with E-state index in [9.17, 15) is 25.0 Å². The van der Waals surface area contributed by atoms with Crippen LogP contribution in [0.15, 0.2) is 47.4 Å². The SMILES string of the molecule is Cc1ccc(/C=C2/SC(=S)N(c3ccc([N+](=O)[O-])cc3)C2=O)cc1[N+](=O)[O-]. The summed E-state index contributed by atoms with van der Waals surface area (Å²) in [4.78, 5) is 35.1. The van der Waals surface area contributed by atoms with E-state index in [2.05, 4.69) is 0 Å². The van der Waals surface area contributed by atoms with E-state index in [0.29, 0.717) is 21.7 Å². The Morgan fingerprint density at radius 3 is 2.33 bits per heavy atom.